The molecule has 1 saturated carbocycles. The lowest BCUT2D eigenvalue weighted by atomic mass is 9.84. The first-order valence-corrected chi connectivity index (χ1v) is 6.54. The SMILES string of the molecule is CCCCN(CCC(=O)OC)C(=O)C1CCC1. The summed E-state index contributed by atoms with van der Waals surface area (Å²) in [4.78, 5) is 25.0. The number of unbranched alkanes of at least 4 members (excludes halogenated alkanes) is 1. The highest BCUT2D eigenvalue weighted by atomic mass is 16.5. The highest BCUT2D eigenvalue weighted by molar-refractivity contribution is 5.80. The second kappa shape index (κ2) is 7.30. The topological polar surface area (TPSA) is 46.6 Å². The number of rotatable bonds is 7. The second-order valence-electron chi connectivity index (χ2n) is 4.63. The molecule has 0 aliphatic heterocycles. The number of nitrogens with zero attached hydrogens (tertiary/aromatic N) is 1. The highest BCUT2D eigenvalue weighted by Crippen LogP contribution is 2.28. The van der Waals surface area contributed by atoms with Crippen molar-refractivity contribution in [3.63, 3.8) is 0 Å². The van der Waals surface area contributed by atoms with Gasteiger partial charge in [-0.05, 0) is 19.3 Å². The van der Waals surface area contributed by atoms with Crippen LogP contribution in [0.2, 0.25) is 0 Å². The average molecular weight is 241 g/mol. The van der Waals surface area contributed by atoms with E-state index in [1.54, 1.807) is 0 Å². The summed E-state index contributed by atoms with van der Waals surface area (Å²) in [6.07, 6.45) is 5.55. The van der Waals surface area contributed by atoms with Crippen LogP contribution in [0.4, 0.5) is 0 Å². The molecule has 0 atom stereocenters. The van der Waals surface area contributed by atoms with E-state index in [1.165, 1.54) is 7.11 Å². The van der Waals surface area contributed by atoms with Crippen LogP contribution in [0, 0.1) is 5.92 Å². The van der Waals surface area contributed by atoms with Crippen LogP contribution < -0.4 is 0 Å². The van der Waals surface area contributed by atoms with Gasteiger partial charge in [-0.1, -0.05) is 19.8 Å². The van der Waals surface area contributed by atoms with E-state index in [0.717, 1.165) is 38.6 Å². The molecule has 0 aromatic rings. The first-order valence-electron chi connectivity index (χ1n) is 6.54. The van der Waals surface area contributed by atoms with E-state index in [0.29, 0.717) is 13.0 Å². The van der Waals surface area contributed by atoms with E-state index < -0.39 is 0 Å². The number of carbonyl (C=O) groups excluding carboxylic acids is 2. The predicted octanol–water partition coefficient (Wildman–Crippen LogP) is 1.98. The van der Waals surface area contributed by atoms with Crippen LogP contribution in [0.3, 0.4) is 0 Å². The van der Waals surface area contributed by atoms with Crippen molar-refractivity contribution >= 4 is 11.9 Å². The molecule has 4 heteroatoms. The third-order valence-electron chi connectivity index (χ3n) is 3.36. The Kier molecular flexibility index (Phi) is 6.01. The molecule has 0 unspecified atom stereocenters. The average Bonchev–Trinajstić information content (AvgIpc) is 2.26. The lowest BCUT2D eigenvalue weighted by Gasteiger charge is -2.31. The molecule has 1 aliphatic carbocycles. The molecule has 1 fully saturated rings. The molecule has 4 nitrogen and oxygen atoms in total. The van der Waals surface area contributed by atoms with E-state index in [2.05, 4.69) is 11.7 Å². The molecule has 0 N–H and O–H groups in total. The maximum atomic E-state index is 12.1. The van der Waals surface area contributed by atoms with Gasteiger partial charge >= 0.3 is 5.97 Å². The zero-order valence-corrected chi connectivity index (χ0v) is 10.9. The molecule has 0 bridgehead atoms. The molecule has 98 valence electrons. The van der Waals surface area contributed by atoms with Gasteiger partial charge in [0.05, 0.1) is 13.5 Å². The van der Waals surface area contributed by atoms with Crippen molar-refractivity contribution in [3.05, 3.63) is 0 Å². The summed E-state index contributed by atoms with van der Waals surface area (Å²) in [5.41, 5.74) is 0. The van der Waals surface area contributed by atoms with Gasteiger partial charge < -0.3 is 9.64 Å². The van der Waals surface area contributed by atoms with Crippen LogP contribution in [-0.2, 0) is 14.3 Å². The van der Waals surface area contributed by atoms with Crippen LogP contribution in [0.1, 0.15) is 45.4 Å². The summed E-state index contributed by atoms with van der Waals surface area (Å²) >= 11 is 0. The van der Waals surface area contributed by atoms with E-state index in [9.17, 15) is 9.59 Å². The van der Waals surface area contributed by atoms with Crippen LogP contribution >= 0.6 is 0 Å². The molecule has 0 saturated heterocycles. The van der Waals surface area contributed by atoms with Crippen LogP contribution in [0.25, 0.3) is 0 Å². The van der Waals surface area contributed by atoms with Crippen molar-refractivity contribution in [2.45, 2.75) is 45.4 Å². The van der Waals surface area contributed by atoms with Crippen molar-refractivity contribution < 1.29 is 14.3 Å². The molecule has 17 heavy (non-hydrogen) atoms. The fourth-order valence-electron chi connectivity index (χ4n) is 1.92. The Labute approximate surface area is 103 Å². The number of esters is 1. The summed E-state index contributed by atoms with van der Waals surface area (Å²) < 4.78 is 4.61. The van der Waals surface area contributed by atoms with Crippen molar-refractivity contribution in [3.8, 4) is 0 Å². The van der Waals surface area contributed by atoms with Gasteiger partial charge in [0, 0.05) is 19.0 Å². The zero-order chi connectivity index (χ0) is 12.7. The third kappa shape index (κ3) is 4.36. The van der Waals surface area contributed by atoms with Gasteiger partial charge in [-0.25, -0.2) is 0 Å². The number of hydrogen-bond acceptors (Lipinski definition) is 3. The summed E-state index contributed by atoms with van der Waals surface area (Å²) in [5, 5.41) is 0. The Morgan fingerprint density at radius 3 is 2.47 bits per heavy atom. The first-order chi connectivity index (χ1) is 8.19. The Hall–Kier alpha value is -1.06. The molecule has 0 spiro atoms. The van der Waals surface area contributed by atoms with E-state index in [4.69, 9.17) is 0 Å². The zero-order valence-electron chi connectivity index (χ0n) is 10.9. The number of hydrogen-bond donors (Lipinski definition) is 0. The van der Waals surface area contributed by atoms with Gasteiger partial charge in [-0.15, -0.1) is 0 Å². The second-order valence-corrected chi connectivity index (χ2v) is 4.63. The molecule has 1 rings (SSSR count). The number of amides is 1. The summed E-state index contributed by atoms with van der Waals surface area (Å²) in [7, 11) is 1.38. The minimum absolute atomic E-state index is 0.213. The normalized spacial score (nSPS) is 15.2. The smallest absolute Gasteiger partial charge is 0.307 e. The van der Waals surface area contributed by atoms with Crippen LogP contribution in [0.15, 0.2) is 0 Å². The van der Waals surface area contributed by atoms with E-state index in [1.807, 2.05) is 4.90 Å². The summed E-state index contributed by atoms with van der Waals surface area (Å²) in [5.74, 6) is 0.200. The van der Waals surface area contributed by atoms with Crippen LogP contribution in [0.5, 0.6) is 0 Å². The molecule has 1 aliphatic rings. The molecule has 0 radical (unpaired) electrons. The standard InChI is InChI=1S/C13H23NO3/c1-3-4-9-14(10-8-12(15)17-2)13(16)11-6-5-7-11/h11H,3-10H2,1-2H3. The third-order valence-corrected chi connectivity index (χ3v) is 3.36. The highest BCUT2D eigenvalue weighted by Gasteiger charge is 2.29. The van der Waals surface area contributed by atoms with Gasteiger partial charge in [0.15, 0.2) is 0 Å². The lowest BCUT2D eigenvalue weighted by molar-refractivity contribution is -0.143. The largest absolute Gasteiger partial charge is 0.469 e. The van der Waals surface area contributed by atoms with Gasteiger partial charge in [0.2, 0.25) is 5.91 Å². The summed E-state index contributed by atoms with van der Waals surface area (Å²) in [6.45, 7) is 3.37. The maximum absolute atomic E-state index is 12.1. The van der Waals surface area contributed by atoms with Gasteiger partial charge in [-0.2, -0.15) is 0 Å². The molecular formula is C13H23NO3. The minimum atomic E-state index is -0.243. The Bertz CT molecular complexity index is 261. The van der Waals surface area contributed by atoms with Gasteiger partial charge in [0.25, 0.3) is 0 Å². The minimum Gasteiger partial charge on any atom is -0.469 e. The molecule has 0 aromatic heterocycles. The molecule has 1 amide bonds. The van der Waals surface area contributed by atoms with Crippen molar-refractivity contribution in [1.82, 2.24) is 4.90 Å². The maximum Gasteiger partial charge on any atom is 0.307 e. The molecule has 0 aromatic carbocycles. The number of methoxy groups -OCH3 is 1. The van der Waals surface area contributed by atoms with Crippen molar-refractivity contribution in [1.29, 1.82) is 0 Å². The molecule has 0 heterocycles. The Balaban J connectivity index is 2.40. The van der Waals surface area contributed by atoms with Gasteiger partial charge in [0.1, 0.15) is 0 Å². The Morgan fingerprint density at radius 1 is 1.29 bits per heavy atom. The number of carbonyl (C=O) groups is 2. The Morgan fingerprint density at radius 2 is 2.00 bits per heavy atom. The van der Waals surface area contributed by atoms with Crippen molar-refractivity contribution in [2.75, 3.05) is 20.2 Å². The van der Waals surface area contributed by atoms with E-state index >= 15 is 0 Å². The quantitative estimate of drug-likeness (QED) is 0.640. The fourth-order valence-corrected chi connectivity index (χ4v) is 1.92. The van der Waals surface area contributed by atoms with Crippen molar-refractivity contribution in [2.24, 2.45) is 5.92 Å². The fraction of sp³-hybridized carbons (Fsp3) is 0.846. The summed E-state index contributed by atoms with van der Waals surface area (Å²) in [6, 6.07) is 0. The molecular weight excluding hydrogens is 218 g/mol. The van der Waals surface area contributed by atoms with E-state index in [-0.39, 0.29) is 17.8 Å². The monoisotopic (exact) mass is 241 g/mol. The lowest BCUT2D eigenvalue weighted by Crippen LogP contribution is -2.40. The predicted molar refractivity (Wildman–Crippen MR) is 65.5 cm³/mol. The van der Waals surface area contributed by atoms with Crippen LogP contribution in [-0.4, -0.2) is 37.0 Å². The number of ether oxygens (including phenoxy) is 1. The first kappa shape index (κ1) is 14.0. The van der Waals surface area contributed by atoms with Gasteiger partial charge in [-0.3, -0.25) is 9.59 Å².